The predicted molar refractivity (Wildman–Crippen MR) is 87.1 cm³/mol. The van der Waals surface area contributed by atoms with Gasteiger partial charge in [0.2, 0.25) is 0 Å². The lowest BCUT2D eigenvalue weighted by molar-refractivity contribution is 0.0106. The summed E-state index contributed by atoms with van der Waals surface area (Å²) in [7, 11) is 0. The number of amides is 1. The Morgan fingerprint density at radius 1 is 1.26 bits per heavy atom. The Kier molecular flexibility index (Phi) is 5.13. The first kappa shape index (κ1) is 17.1. The van der Waals surface area contributed by atoms with Crippen molar-refractivity contribution >= 4 is 17.7 Å². The van der Waals surface area contributed by atoms with Crippen LogP contribution in [0.5, 0.6) is 0 Å². The van der Waals surface area contributed by atoms with Crippen LogP contribution >= 0.6 is 0 Å². The molecule has 0 spiro atoms. The van der Waals surface area contributed by atoms with Gasteiger partial charge < -0.3 is 20.1 Å². The highest BCUT2D eigenvalue weighted by Crippen LogP contribution is 2.21. The Hall–Kier alpha value is -2.24. The smallest absolute Gasteiger partial charge is 0.410 e. The molecule has 1 heterocycles. The van der Waals surface area contributed by atoms with Crippen LogP contribution in [0.1, 0.15) is 44.0 Å². The van der Waals surface area contributed by atoms with Crippen LogP contribution in [0.25, 0.3) is 0 Å². The molecule has 23 heavy (non-hydrogen) atoms. The quantitative estimate of drug-likeness (QED) is 0.684. The standard InChI is InChI=1S/C17H24N2O4/c1-17(2,3)23-16(21)19-10-4-5-14(19)11-22-15(20)12-6-8-13(18)9-7-12/h6-9,14H,4-5,10-11,18H2,1-3H3. The molecule has 1 aliphatic rings. The molecule has 1 aliphatic heterocycles. The Morgan fingerprint density at radius 3 is 2.52 bits per heavy atom. The molecule has 0 radical (unpaired) electrons. The molecule has 6 nitrogen and oxygen atoms in total. The van der Waals surface area contributed by atoms with Gasteiger partial charge in [0.1, 0.15) is 12.2 Å². The summed E-state index contributed by atoms with van der Waals surface area (Å²) in [6, 6.07) is 6.41. The lowest BCUT2D eigenvalue weighted by Gasteiger charge is -2.28. The lowest BCUT2D eigenvalue weighted by atomic mass is 10.2. The number of esters is 1. The number of ether oxygens (including phenoxy) is 2. The number of carbonyl (C=O) groups is 2. The highest BCUT2D eigenvalue weighted by atomic mass is 16.6. The number of hydrogen-bond donors (Lipinski definition) is 1. The van der Waals surface area contributed by atoms with E-state index in [0.717, 1.165) is 12.8 Å². The maximum absolute atomic E-state index is 12.2. The van der Waals surface area contributed by atoms with Crippen molar-refractivity contribution in [1.82, 2.24) is 4.90 Å². The number of nitrogens with zero attached hydrogens (tertiary/aromatic N) is 1. The summed E-state index contributed by atoms with van der Waals surface area (Å²) in [4.78, 5) is 25.8. The second-order valence-corrected chi connectivity index (χ2v) is 6.69. The van der Waals surface area contributed by atoms with Crippen LogP contribution in [-0.2, 0) is 9.47 Å². The van der Waals surface area contributed by atoms with E-state index in [2.05, 4.69) is 0 Å². The van der Waals surface area contributed by atoms with Crippen LogP contribution in [-0.4, -0.2) is 41.8 Å². The highest BCUT2D eigenvalue weighted by molar-refractivity contribution is 5.89. The number of anilines is 1. The average molecular weight is 320 g/mol. The van der Waals surface area contributed by atoms with Crippen molar-refractivity contribution in [2.24, 2.45) is 0 Å². The number of carbonyl (C=O) groups excluding carboxylic acids is 2. The molecular formula is C17H24N2O4. The summed E-state index contributed by atoms with van der Waals surface area (Å²) in [5, 5.41) is 0. The third kappa shape index (κ3) is 4.87. The van der Waals surface area contributed by atoms with Crippen LogP contribution in [0.15, 0.2) is 24.3 Å². The number of benzene rings is 1. The third-order valence-electron chi connectivity index (χ3n) is 3.56. The molecule has 1 atom stereocenters. The van der Waals surface area contributed by atoms with Gasteiger partial charge in [-0.3, -0.25) is 0 Å². The minimum Gasteiger partial charge on any atom is -0.460 e. The largest absolute Gasteiger partial charge is 0.460 e. The minimum absolute atomic E-state index is 0.136. The van der Waals surface area contributed by atoms with Gasteiger partial charge in [0, 0.05) is 12.2 Å². The molecule has 6 heteroatoms. The first-order chi connectivity index (χ1) is 10.8. The molecule has 1 unspecified atom stereocenters. The topological polar surface area (TPSA) is 81.9 Å². The number of nitrogens with two attached hydrogens (primary N) is 1. The summed E-state index contributed by atoms with van der Waals surface area (Å²) in [6.07, 6.45) is 1.32. The maximum Gasteiger partial charge on any atom is 0.410 e. The number of likely N-dealkylation sites (tertiary alicyclic amines) is 1. The maximum atomic E-state index is 12.2. The zero-order chi connectivity index (χ0) is 17.0. The van der Waals surface area contributed by atoms with Crippen LogP contribution in [0.2, 0.25) is 0 Å². The molecule has 1 amide bonds. The Balaban J connectivity index is 1.90. The summed E-state index contributed by atoms with van der Waals surface area (Å²) < 4.78 is 10.7. The van der Waals surface area contributed by atoms with Gasteiger partial charge >= 0.3 is 12.1 Å². The molecule has 1 aromatic rings. The summed E-state index contributed by atoms with van der Waals surface area (Å²) in [6.45, 7) is 6.28. The molecule has 2 rings (SSSR count). The normalized spacial score (nSPS) is 17.9. The summed E-state index contributed by atoms with van der Waals surface area (Å²) in [5.74, 6) is -0.416. The van der Waals surface area contributed by atoms with E-state index in [0.29, 0.717) is 17.8 Å². The first-order valence-electron chi connectivity index (χ1n) is 7.78. The van der Waals surface area contributed by atoms with Gasteiger partial charge in [0.15, 0.2) is 0 Å². The van der Waals surface area contributed by atoms with E-state index in [1.54, 1.807) is 29.2 Å². The van der Waals surface area contributed by atoms with Gasteiger partial charge in [-0.05, 0) is 57.9 Å². The van der Waals surface area contributed by atoms with E-state index < -0.39 is 11.6 Å². The van der Waals surface area contributed by atoms with Crippen LogP contribution in [0, 0.1) is 0 Å². The molecule has 1 fully saturated rings. The van der Waals surface area contributed by atoms with Gasteiger partial charge in [-0.25, -0.2) is 9.59 Å². The molecule has 1 aromatic carbocycles. The second-order valence-electron chi connectivity index (χ2n) is 6.69. The van der Waals surface area contributed by atoms with Gasteiger partial charge in [0.25, 0.3) is 0 Å². The molecule has 1 saturated heterocycles. The Bertz CT molecular complexity index is 563. The molecule has 126 valence electrons. The Labute approximate surface area is 136 Å². The number of rotatable bonds is 3. The van der Waals surface area contributed by atoms with Gasteiger partial charge in [-0.15, -0.1) is 0 Å². The van der Waals surface area contributed by atoms with Gasteiger partial charge in [-0.1, -0.05) is 0 Å². The SMILES string of the molecule is CC(C)(C)OC(=O)N1CCCC1COC(=O)c1ccc(N)cc1. The fourth-order valence-corrected chi connectivity index (χ4v) is 2.44. The van der Waals surface area contributed by atoms with E-state index in [1.165, 1.54) is 0 Å². The van der Waals surface area contributed by atoms with Crippen molar-refractivity contribution in [3.63, 3.8) is 0 Å². The first-order valence-corrected chi connectivity index (χ1v) is 7.78. The molecule has 0 bridgehead atoms. The lowest BCUT2D eigenvalue weighted by Crippen LogP contribution is -2.42. The zero-order valence-corrected chi connectivity index (χ0v) is 13.9. The van der Waals surface area contributed by atoms with Gasteiger partial charge in [0.05, 0.1) is 11.6 Å². The fraction of sp³-hybridized carbons (Fsp3) is 0.529. The summed E-state index contributed by atoms with van der Waals surface area (Å²) >= 11 is 0. The van der Waals surface area contributed by atoms with Crippen LogP contribution in [0.4, 0.5) is 10.5 Å². The van der Waals surface area contributed by atoms with Crippen molar-refractivity contribution in [1.29, 1.82) is 0 Å². The second kappa shape index (κ2) is 6.89. The average Bonchev–Trinajstić information content (AvgIpc) is 2.92. The molecule has 2 N–H and O–H groups in total. The van der Waals surface area contributed by atoms with Crippen molar-refractivity contribution < 1.29 is 19.1 Å². The highest BCUT2D eigenvalue weighted by Gasteiger charge is 2.33. The van der Waals surface area contributed by atoms with Crippen LogP contribution in [0.3, 0.4) is 0 Å². The molecule has 0 aliphatic carbocycles. The van der Waals surface area contributed by atoms with Crippen molar-refractivity contribution in [2.45, 2.75) is 45.3 Å². The minimum atomic E-state index is -0.537. The predicted octanol–water partition coefficient (Wildman–Crippen LogP) is 2.83. The number of hydrogen-bond acceptors (Lipinski definition) is 5. The molecule has 0 aromatic heterocycles. The molecular weight excluding hydrogens is 296 g/mol. The monoisotopic (exact) mass is 320 g/mol. The van der Waals surface area contributed by atoms with E-state index in [4.69, 9.17) is 15.2 Å². The van der Waals surface area contributed by atoms with Crippen molar-refractivity contribution in [3.05, 3.63) is 29.8 Å². The van der Waals surface area contributed by atoms with Crippen molar-refractivity contribution in [2.75, 3.05) is 18.9 Å². The van der Waals surface area contributed by atoms with Crippen molar-refractivity contribution in [3.8, 4) is 0 Å². The Morgan fingerprint density at radius 2 is 1.91 bits per heavy atom. The van der Waals surface area contributed by atoms with E-state index >= 15 is 0 Å². The fourth-order valence-electron chi connectivity index (χ4n) is 2.44. The number of nitrogen functional groups attached to an aromatic ring is 1. The van der Waals surface area contributed by atoms with E-state index in [9.17, 15) is 9.59 Å². The van der Waals surface area contributed by atoms with Crippen LogP contribution < -0.4 is 5.73 Å². The molecule has 0 saturated carbocycles. The van der Waals surface area contributed by atoms with E-state index in [-0.39, 0.29) is 18.7 Å². The zero-order valence-electron chi connectivity index (χ0n) is 13.9. The third-order valence-corrected chi connectivity index (χ3v) is 3.56. The van der Waals surface area contributed by atoms with Gasteiger partial charge in [-0.2, -0.15) is 0 Å². The van der Waals surface area contributed by atoms with E-state index in [1.807, 2.05) is 20.8 Å². The summed E-state index contributed by atoms with van der Waals surface area (Å²) in [5.41, 5.74) is 6.09.